The Bertz CT molecular complexity index is 1120. The fourth-order valence-corrected chi connectivity index (χ4v) is 3.52. The zero-order valence-electron chi connectivity index (χ0n) is 15.4. The topological polar surface area (TPSA) is 76.7 Å². The van der Waals surface area contributed by atoms with Crippen LogP contribution < -0.4 is 10.5 Å². The average molecular weight is 355 g/mol. The Kier molecular flexibility index (Phi) is 4.23. The van der Waals surface area contributed by atoms with Crippen LogP contribution in [0.3, 0.4) is 0 Å². The van der Waals surface area contributed by atoms with E-state index in [4.69, 9.17) is 9.84 Å². The van der Waals surface area contributed by atoms with Crippen molar-refractivity contribution < 1.29 is 14.6 Å². The number of nitrogens with zero attached hydrogens (tertiary/aromatic N) is 3. The van der Waals surface area contributed by atoms with Crippen LogP contribution in [0.2, 0.25) is 0 Å². The summed E-state index contributed by atoms with van der Waals surface area (Å²) in [5.74, 6) is 0.0433. The van der Waals surface area contributed by atoms with Gasteiger partial charge in [-0.1, -0.05) is 6.07 Å². The zero-order chi connectivity index (χ0) is 19.2. The van der Waals surface area contributed by atoms with Gasteiger partial charge in [0.25, 0.3) is 5.56 Å². The van der Waals surface area contributed by atoms with Crippen molar-refractivity contribution in [3.63, 3.8) is 0 Å². The second-order valence-corrected chi connectivity index (χ2v) is 6.32. The minimum absolute atomic E-state index is 0.251. The number of hydrogen-bond donors (Lipinski definition) is 1. The molecule has 7 heteroatoms. The first-order chi connectivity index (χ1) is 12.3. The third-order valence-electron chi connectivity index (χ3n) is 4.60. The molecule has 0 aliphatic heterocycles. The number of aryl methyl sites for hydroxylation is 2. The Morgan fingerprint density at radius 3 is 2.50 bits per heavy atom. The maximum atomic E-state index is 13.1. The maximum Gasteiger partial charge on any atom is 0.342 e. The van der Waals surface area contributed by atoms with Crippen LogP contribution in [0.1, 0.15) is 15.9 Å². The fraction of sp³-hybridized carbons (Fsp3) is 0.263. The second-order valence-electron chi connectivity index (χ2n) is 6.32. The highest BCUT2D eigenvalue weighted by Gasteiger charge is 2.27. The van der Waals surface area contributed by atoms with Crippen molar-refractivity contribution in [2.24, 2.45) is 14.1 Å². The maximum absolute atomic E-state index is 13.1. The summed E-state index contributed by atoms with van der Waals surface area (Å²) < 4.78 is 8.30. The molecule has 7 nitrogen and oxygen atoms in total. The molecule has 0 saturated heterocycles. The molecule has 0 amide bonds. The zero-order valence-corrected chi connectivity index (χ0v) is 15.4. The molecule has 0 aliphatic carbocycles. The minimum atomic E-state index is -0.554. The van der Waals surface area contributed by atoms with Crippen molar-refractivity contribution in [2.75, 3.05) is 26.1 Å². The first-order valence-electron chi connectivity index (χ1n) is 8.05. The quantitative estimate of drug-likeness (QED) is 0.577. The van der Waals surface area contributed by atoms with Crippen LogP contribution in [-0.4, -0.2) is 41.4 Å². The van der Waals surface area contributed by atoms with E-state index in [1.165, 1.54) is 11.7 Å². The van der Waals surface area contributed by atoms with Crippen molar-refractivity contribution in [2.45, 2.75) is 0 Å². The van der Waals surface area contributed by atoms with Gasteiger partial charge in [0, 0.05) is 33.6 Å². The molecular weight excluding hydrogens is 334 g/mol. The van der Waals surface area contributed by atoms with E-state index in [-0.39, 0.29) is 11.1 Å². The number of esters is 1. The van der Waals surface area contributed by atoms with E-state index in [0.717, 1.165) is 22.7 Å². The van der Waals surface area contributed by atoms with E-state index >= 15 is 0 Å². The van der Waals surface area contributed by atoms with Gasteiger partial charge in [-0.25, -0.2) is 4.79 Å². The molecule has 0 unspecified atom stereocenters. The predicted octanol–water partition coefficient (Wildman–Crippen LogP) is 2.41. The van der Waals surface area contributed by atoms with E-state index in [0.29, 0.717) is 16.7 Å². The largest absolute Gasteiger partial charge is 0.516 e. The first-order valence-corrected chi connectivity index (χ1v) is 8.05. The number of hydrogen-bond acceptors (Lipinski definition) is 5. The average Bonchev–Trinajstić information content (AvgIpc) is 2.92. The standard InChI is InChI=1S/C19H21N3O4/c1-20(2)17-15(19(25)26-5)14-16(22(17)4)12-10-11(8-9-23)6-7-13(12)21(3)18(14)24/h6-10,23H,1-5H3. The number of fused-ring (bicyclic) bond motifs is 3. The third-order valence-corrected chi connectivity index (χ3v) is 4.60. The number of ether oxygens (including phenoxy) is 1. The monoisotopic (exact) mass is 355 g/mol. The molecule has 3 rings (SSSR count). The van der Waals surface area contributed by atoms with Crippen LogP contribution in [-0.2, 0) is 18.8 Å². The summed E-state index contributed by atoms with van der Waals surface area (Å²) in [5.41, 5.74) is 2.16. The Morgan fingerprint density at radius 2 is 1.92 bits per heavy atom. The molecule has 0 aliphatic rings. The van der Waals surface area contributed by atoms with Gasteiger partial charge < -0.3 is 23.9 Å². The number of anilines is 1. The second kappa shape index (κ2) is 6.25. The van der Waals surface area contributed by atoms with Gasteiger partial charge in [-0.3, -0.25) is 4.79 Å². The van der Waals surface area contributed by atoms with Gasteiger partial charge in [0.1, 0.15) is 11.4 Å². The van der Waals surface area contributed by atoms with Gasteiger partial charge >= 0.3 is 5.97 Å². The number of aliphatic hydroxyl groups is 1. The Morgan fingerprint density at radius 1 is 1.23 bits per heavy atom. The number of rotatable bonds is 3. The van der Waals surface area contributed by atoms with Crippen molar-refractivity contribution >= 4 is 39.7 Å². The summed E-state index contributed by atoms with van der Waals surface area (Å²) in [5, 5.41) is 10.2. The van der Waals surface area contributed by atoms with Crippen LogP contribution in [0.5, 0.6) is 0 Å². The summed E-state index contributed by atoms with van der Waals surface area (Å²) in [6, 6.07) is 5.52. The summed E-state index contributed by atoms with van der Waals surface area (Å²) in [6.45, 7) is 0. The molecule has 0 fully saturated rings. The van der Waals surface area contributed by atoms with E-state index in [9.17, 15) is 9.59 Å². The molecule has 2 aromatic heterocycles. The van der Waals surface area contributed by atoms with Crippen molar-refractivity contribution in [3.05, 3.63) is 45.9 Å². The van der Waals surface area contributed by atoms with Gasteiger partial charge in [-0.2, -0.15) is 0 Å². The van der Waals surface area contributed by atoms with E-state index < -0.39 is 5.97 Å². The van der Waals surface area contributed by atoms with Crippen molar-refractivity contribution in [1.82, 2.24) is 9.13 Å². The lowest BCUT2D eigenvalue weighted by atomic mass is 10.1. The molecule has 0 bridgehead atoms. The molecule has 26 heavy (non-hydrogen) atoms. The summed E-state index contributed by atoms with van der Waals surface area (Å²) >= 11 is 0. The van der Waals surface area contributed by atoms with Gasteiger partial charge in [0.15, 0.2) is 0 Å². The van der Waals surface area contributed by atoms with E-state index in [1.54, 1.807) is 18.0 Å². The van der Waals surface area contributed by atoms with E-state index in [1.807, 2.05) is 43.9 Å². The first kappa shape index (κ1) is 17.6. The highest BCUT2D eigenvalue weighted by molar-refractivity contribution is 6.16. The molecule has 3 aromatic rings. The lowest BCUT2D eigenvalue weighted by molar-refractivity contribution is 0.0603. The molecule has 1 aromatic carbocycles. The molecule has 136 valence electrons. The van der Waals surface area contributed by atoms with Crippen LogP contribution in [0, 0.1) is 0 Å². The lowest BCUT2D eigenvalue weighted by Gasteiger charge is -2.15. The predicted molar refractivity (Wildman–Crippen MR) is 103 cm³/mol. The molecule has 0 atom stereocenters. The van der Waals surface area contributed by atoms with Crippen LogP contribution in [0.4, 0.5) is 5.82 Å². The van der Waals surface area contributed by atoms with Gasteiger partial charge in [-0.05, 0) is 23.8 Å². The van der Waals surface area contributed by atoms with Gasteiger partial charge in [0.2, 0.25) is 0 Å². The Labute approximate surface area is 150 Å². The van der Waals surface area contributed by atoms with Crippen LogP contribution in [0.25, 0.3) is 27.9 Å². The third kappa shape index (κ3) is 2.35. The summed E-state index contributed by atoms with van der Waals surface area (Å²) in [4.78, 5) is 27.3. The van der Waals surface area contributed by atoms with Crippen LogP contribution in [0.15, 0.2) is 29.3 Å². The number of carbonyl (C=O) groups is 1. The number of pyridine rings is 1. The molecule has 2 heterocycles. The Hall–Kier alpha value is -3.22. The van der Waals surface area contributed by atoms with Crippen molar-refractivity contribution in [1.29, 1.82) is 0 Å². The SMILES string of the molecule is COC(=O)c1c(N(C)C)n(C)c2c1c(=O)n(C)c1ccc(C=CO)cc21. The highest BCUT2D eigenvalue weighted by Crippen LogP contribution is 2.34. The highest BCUT2D eigenvalue weighted by atomic mass is 16.5. The molecular formula is C19H21N3O4. The molecule has 0 spiro atoms. The summed E-state index contributed by atoms with van der Waals surface area (Å²) in [7, 11) is 8.42. The molecule has 0 radical (unpaired) electrons. The van der Waals surface area contributed by atoms with Gasteiger partial charge in [-0.15, -0.1) is 0 Å². The number of benzene rings is 1. The van der Waals surface area contributed by atoms with Crippen LogP contribution >= 0.6 is 0 Å². The smallest absolute Gasteiger partial charge is 0.342 e. The summed E-state index contributed by atoms with van der Waals surface area (Å²) in [6.07, 6.45) is 2.53. The normalized spacial score (nSPS) is 11.6. The van der Waals surface area contributed by atoms with Gasteiger partial charge in [0.05, 0.1) is 29.8 Å². The number of aromatic nitrogens is 2. The fourth-order valence-electron chi connectivity index (χ4n) is 3.52. The van der Waals surface area contributed by atoms with Crippen molar-refractivity contribution in [3.8, 4) is 0 Å². The number of aliphatic hydroxyl groups excluding tert-OH is 1. The Balaban J connectivity index is 2.65. The number of carbonyl (C=O) groups excluding carboxylic acids is 1. The minimum Gasteiger partial charge on any atom is -0.516 e. The molecule has 0 saturated carbocycles. The van der Waals surface area contributed by atoms with E-state index in [2.05, 4.69) is 0 Å². The molecule has 1 N–H and O–H groups in total. The number of methoxy groups -OCH3 is 1. The lowest BCUT2D eigenvalue weighted by Crippen LogP contribution is -2.20.